The van der Waals surface area contributed by atoms with Crippen molar-refractivity contribution in [3.8, 4) is 11.1 Å². The van der Waals surface area contributed by atoms with Crippen LogP contribution in [0.4, 0.5) is 0 Å². The van der Waals surface area contributed by atoms with E-state index in [4.69, 9.17) is 16.3 Å². The quantitative estimate of drug-likeness (QED) is 0.607. The van der Waals surface area contributed by atoms with Crippen LogP contribution in [0.15, 0.2) is 36.5 Å². The smallest absolute Gasteiger partial charge is 0.279 e. The standard InChI is InChI=1S/C15H13ClNO3/c1-20-9-8-17-7-6-12(15(17)14(19)10-18)11-4-2-3-5-13(11)16/h2-7H,8-9H2,1H3. The van der Waals surface area contributed by atoms with Gasteiger partial charge in [-0.15, -0.1) is 0 Å². The number of aromatic nitrogens is 1. The summed E-state index contributed by atoms with van der Waals surface area (Å²) in [6.07, 6.45) is 3.16. The van der Waals surface area contributed by atoms with Crippen molar-refractivity contribution >= 4 is 23.7 Å². The predicted molar refractivity (Wildman–Crippen MR) is 76.8 cm³/mol. The van der Waals surface area contributed by atoms with Gasteiger partial charge in [-0.05, 0) is 12.1 Å². The summed E-state index contributed by atoms with van der Waals surface area (Å²) < 4.78 is 6.67. The Bertz CT molecular complexity index is 634. The molecule has 0 unspecified atom stereocenters. The summed E-state index contributed by atoms with van der Waals surface area (Å²) in [7, 11) is 1.58. The number of hydrogen-bond donors (Lipinski definition) is 0. The van der Waals surface area contributed by atoms with Crippen molar-refractivity contribution in [2.24, 2.45) is 0 Å². The number of hydrogen-bond acceptors (Lipinski definition) is 3. The van der Waals surface area contributed by atoms with E-state index in [0.29, 0.717) is 29.3 Å². The fraction of sp³-hybridized carbons (Fsp3) is 0.200. The van der Waals surface area contributed by atoms with Crippen LogP contribution in [0.2, 0.25) is 5.02 Å². The van der Waals surface area contributed by atoms with Crippen LogP contribution in [0.3, 0.4) is 0 Å². The van der Waals surface area contributed by atoms with E-state index in [9.17, 15) is 9.59 Å². The molecule has 1 heterocycles. The average Bonchev–Trinajstić information content (AvgIpc) is 2.88. The minimum atomic E-state index is -0.693. The van der Waals surface area contributed by atoms with E-state index < -0.39 is 5.78 Å². The number of ether oxygens (including phenoxy) is 1. The fourth-order valence-electron chi connectivity index (χ4n) is 2.05. The second kappa shape index (κ2) is 6.50. The van der Waals surface area contributed by atoms with Gasteiger partial charge < -0.3 is 9.30 Å². The molecule has 5 heteroatoms. The van der Waals surface area contributed by atoms with Gasteiger partial charge in [-0.1, -0.05) is 29.8 Å². The molecule has 0 aliphatic carbocycles. The van der Waals surface area contributed by atoms with Gasteiger partial charge >= 0.3 is 0 Å². The van der Waals surface area contributed by atoms with Gasteiger partial charge in [0.05, 0.1) is 6.61 Å². The second-order valence-electron chi connectivity index (χ2n) is 4.18. The van der Waals surface area contributed by atoms with E-state index in [1.807, 2.05) is 6.07 Å². The largest absolute Gasteiger partial charge is 0.383 e. The Labute approximate surface area is 121 Å². The molecular formula is C15H13ClNO3. The first-order valence-corrected chi connectivity index (χ1v) is 6.42. The van der Waals surface area contributed by atoms with Crippen LogP contribution in [0.5, 0.6) is 0 Å². The average molecular weight is 291 g/mol. The maximum Gasteiger partial charge on any atom is 0.279 e. The number of halogens is 1. The van der Waals surface area contributed by atoms with Crippen molar-refractivity contribution in [2.45, 2.75) is 6.54 Å². The second-order valence-corrected chi connectivity index (χ2v) is 4.58. The highest BCUT2D eigenvalue weighted by Gasteiger charge is 2.19. The van der Waals surface area contributed by atoms with Gasteiger partial charge in [0, 0.05) is 36.0 Å². The molecule has 0 aliphatic heterocycles. The molecular weight excluding hydrogens is 278 g/mol. The molecule has 0 saturated carbocycles. The number of methoxy groups -OCH3 is 1. The molecule has 2 aromatic rings. The maximum absolute atomic E-state index is 11.8. The number of rotatable bonds is 6. The molecule has 1 aromatic heterocycles. The highest BCUT2D eigenvalue weighted by Crippen LogP contribution is 2.31. The van der Waals surface area contributed by atoms with Crippen LogP contribution in [0.25, 0.3) is 11.1 Å². The van der Waals surface area contributed by atoms with Crippen molar-refractivity contribution in [3.63, 3.8) is 0 Å². The molecule has 2 rings (SSSR count). The van der Waals surface area contributed by atoms with E-state index >= 15 is 0 Å². The summed E-state index contributed by atoms with van der Waals surface area (Å²) in [5.74, 6) is -0.693. The van der Waals surface area contributed by atoms with E-state index in [2.05, 4.69) is 0 Å². The van der Waals surface area contributed by atoms with Crippen LogP contribution in [0, 0.1) is 0 Å². The van der Waals surface area contributed by atoms with Gasteiger partial charge in [0.1, 0.15) is 5.69 Å². The van der Waals surface area contributed by atoms with Gasteiger partial charge in [-0.3, -0.25) is 9.59 Å². The zero-order valence-electron chi connectivity index (χ0n) is 10.9. The zero-order chi connectivity index (χ0) is 14.5. The normalized spacial score (nSPS) is 10.5. The lowest BCUT2D eigenvalue weighted by Crippen LogP contribution is -2.13. The van der Waals surface area contributed by atoms with Crippen molar-refractivity contribution in [2.75, 3.05) is 13.7 Å². The molecule has 0 saturated heterocycles. The monoisotopic (exact) mass is 290 g/mol. The van der Waals surface area contributed by atoms with Crippen LogP contribution in [-0.2, 0) is 16.1 Å². The van der Waals surface area contributed by atoms with Crippen molar-refractivity contribution in [1.29, 1.82) is 0 Å². The molecule has 0 atom stereocenters. The van der Waals surface area contributed by atoms with Crippen LogP contribution < -0.4 is 0 Å². The van der Waals surface area contributed by atoms with Gasteiger partial charge in [0.15, 0.2) is 0 Å². The Morgan fingerprint density at radius 3 is 2.70 bits per heavy atom. The van der Waals surface area contributed by atoms with Gasteiger partial charge in [-0.2, -0.15) is 0 Å². The molecule has 0 aliphatic rings. The van der Waals surface area contributed by atoms with Gasteiger partial charge in [0.2, 0.25) is 0 Å². The molecule has 1 aromatic carbocycles. The molecule has 0 fully saturated rings. The topological polar surface area (TPSA) is 48.3 Å². The summed E-state index contributed by atoms with van der Waals surface area (Å²) in [5.41, 5.74) is 1.62. The molecule has 0 bridgehead atoms. The van der Waals surface area contributed by atoms with Crippen molar-refractivity contribution in [1.82, 2.24) is 4.57 Å². The number of Topliss-reactive ketones (excluding diaryl/α,β-unsaturated/α-hetero) is 1. The number of carbonyl (C=O) groups excluding carboxylic acids is 2. The Morgan fingerprint density at radius 1 is 1.30 bits per heavy atom. The molecule has 0 amide bonds. The number of benzene rings is 1. The van der Waals surface area contributed by atoms with Crippen LogP contribution in [0.1, 0.15) is 10.5 Å². The Balaban J connectivity index is 2.53. The summed E-state index contributed by atoms with van der Waals surface area (Å²) >= 11 is 6.15. The third-order valence-corrected chi connectivity index (χ3v) is 3.30. The predicted octanol–water partition coefficient (Wildman–Crippen LogP) is 2.75. The number of nitrogens with zero attached hydrogens (tertiary/aromatic N) is 1. The number of ketones is 1. The minimum absolute atomic E-state index is 0.283. The summed E-state index contributed by atoms with van der Waals surface area (Å²) in [6.45, 7) is 0.916. The van der Waals surface area contributed by atoms with E-state index in [1.165, 1.54) is 6.29 Å². The van der Waals surface area contributed by atoms with Crippen molar-refractivity contribution in [3.05, 3.63) is 47.2 Å². The lowest BCUT2D eigenvalue weighted by Gasteiger charge is -2.08. The summed E-state index contributed by atoms with van der Waals surface area (Å²) in [5, 5.41) is 0.525. The molecule has 0 spiro atoms. The highest BCUT2D eigenvalue weighted by molar-refractivity contribution is 6.36. The Morgan fingerprint density at radius 2 is 2.05 bits per heavy atom. The SMILES string of the molecule is COCCn1ccc(-c2ccccc2Cl)c1C(=O)[C]=O. The van der Waals surface area contributed by atoms with E-state index in [1.54, 1.807) is 42.1 Å². The van der Waals surface area contributed by atoms with Crippen LogP contribution >= 0.6 is 11.6 Å². The number of carbonyl (C=O) groups is 1. The first kappa shape index (κ1) is 14.5. The molecule has 103 valence electrons. The highest BCUT2D eigenvalue weighted by atomic mass is 35.5. The molecule has 0 N–H and O–H groups in total. The van der Waals surface area contributed by atoms with Crippen molar-refractivity contribution < 1.29 is 14.3 Å². The maximum atomic E-state index is 11.8. The summed E-state index contributed by atoms with van der Waals surface area (Å²) in [4.78, 5) is 22.6. The summed E-state index contributed by atoms with van der Waals surface area (Å²) in [6, 6.07) is 8.94. The molecule has 1 radical (unpaired) electrons. The van der Waals surface area contributed by atoms with Gasteiger partial charge in [0.25, 0.3) is 12.1 Å². The van der Waals surface area contributed by atoms with E-state index in [0.717, 1.165) is 0 Å². The first-order valence-electron chi connectivity index (χ1n) is 6.04. The first-order chi connectivity index (χ1) is 9.69. The Kier molecular flexibility index (Phi) is 4.71. The molecule has 20 heavy (non-hydrogen) atoms. The lowest BCUT2D eigenvalue weighted by atomic mass is 10.0. The molecule has 4 nitrogen and oxygen atoms in total. The van der Waals surface area contributed by atoms with Gasteiger partial charge in [-0.25, -0.2) is 0 Å². The minimum Gasteiger partial charge on any atom is -0.383 e. The third-order valence-electron chi connectivity index (χ3n) is 2.97. The third kappa shape index (κ3) is 2.81. The zero-order valence-corrected chi connectivity index (χ0v) is 11.7. The fourth-order valence-corrected chi connectivity index (χ4v) is 2.28. The van der Waals surface area contributed by atoms with E-state index in [-0.39, 0.29) is 5.69 Å². The Hall–Kier alpha value is -1.91. The lowest BCUT2D eigenvalue weighted by molar-refractivity contribution is 0.105. The van der Waals surface area contributed by atoms with Crippen LogP contribution in [-0.4, -0.2) is 30.4 Å².